The predicted molar refractivity (Wildman–Crippen MR) is 78.6 cm³/mol. The Hall–Kier alpha value is -1.96. The van der Waals surface area contributed by atoms with Crippen molar-refractivity contribution >= 4 is 0 Å². The molecule has 0 fully saturated rings. The molecule has 2 aromatic rings. The number of phenols is 2. The van der Waals surface area contributed by atoms with Crippen molar-refractivity contribution in [2.75, 3.05) is 0 Å². The van der Waals surface area contributed by atoms with E-state index in [4.69, 9.17) is 0 Å². The zero-order valence-corrected chi connectivity index (χ0v) is 11.9. The van der Waals surface area contributed by atoms with E-state index in [2.05, 4.69) is 0 Å². The first-order chi connectivity index (χ1) is 8.82. The molecule has 0 bridgehead atoms. The molecule has 0 heterocycles. The number of benzene rings is 2. The Morgan fingerprint density at radius 2 is 1.53 bits per heavy atom. The van der Waals surface area contributed by atoms with E-state index in [1.54, 1.807) is 6.07 Å². The first-order valence-electron chi connectivity index (χ1n) is 6.44. The predicted octanol–water partition coefficient (Wildman–Crippen LogP) is 4.37. The lowest BCUT2D eigenvalue weighted by molar-refractivity contribution is 0.432. The van der Waals surface area contributed by atoms with Crippen molar-refractivity contribution in [1.82, 2.24) is 0 Å². The summed E-state index contributed by atoms with van der Waals surface area (Å²) in [5, 5.41) is 20.7. The van der Waals surface area contributed by atoms with Crippen LogP contribution in [0.2, 0.25) is 0 Å². The third kappa shape index (κ3) is 2.43. The Balaban J connectivity index is 2.70. The third-order valence-electron chi connectivity index (χ3n) is 3.39. The molecule has 0 aliphatic heterocycles. The van der Waals surface area contributed by atoms with Gasteiger partial charge in [0.05, 0.1) is 0 Å². The van der Waals surface area contributed by atoms with Gasteiger partial charge in [-0.3, -0.25) is 0 Å². The maximum Gasteiger partial charge on any atom is 0.124 e. The van der Waals surface area contributed by atoms with Crippen molar-refractivity contribution < 1.29 is 10.2 Å². The Bertz CT molecular complexity index is 593. The quantitative estimate of drug-likeness (QED) is 0.744. The molecule has 19 heavy (non-hydrogen) atoms. The Kier molecular flexibility index (Phi) is 3.27. The van der Waals surface area contributed by atoms with Crippen LogP contribution < -0.4 is 0 Å². The number of rotatable bonds is 1. The van der Waals surface area contributed by atoms with Gasteiger partial charge in [0.25, 0.3) is 0 Å². The third-order valence-corrected chi connectivity index (χ3v) is 3.39. The molecule has 2 rings (SSSR count). The molecule has 0 amide bonds. The van der Waals surface area contributed by atoms with Gasteiger partial charge in [-0.15, -0.1) is 0 Å². The van der Waals surface area contributed by atoms with Crippen molar-refractivity contribution in [3.8, 4) is 22.6 Å². The fraction of sp³-hybridized carbons (Fsp3) is 0.294. The van der Waals surface area contributed by atoms with Crippen molar-refractivity contribution in [3.05, 3.63) is 47.5 Å². The molecule has 100 valence electrons. The van der Waals surface area contributed by atoms with Crippen LogP contribution in [0, 0.1) is 6.92 Å². The average molecular weight is 256 g/mol. The minimum atomic E-state index is -0.207. The van der Waals surface area contributed by atoms with Gasteiger partial charge in [-0.25, -0.2) is 0 Å². The fourth-order valence-corrected chi connectivity index (χ4v) is 2.33. The molecule has 0 aliphatic carbocycles. The molecule has 0 unspecified atom stereocenters. The first-order valence-corrected chi connectivity index (χ1v) is 6.44. The summed E-state index contributed by atoms with van der Waals surface area (Å²) < 4.78 is 0. The van der Waals surface area contributed by atoms with Crippen molar-refractivity contribution in [2.45, 2.75) is 33.1 Å². The maximum absolute atomic E-state index is 10.4. The van der Waals surface area contributed by atoms with Gasteiger partial charge in [0, 0.05) is 16.7 Å². The molecule has 0 radical (unpaired) electrons. The molecule has 2 aromatic carbocycles. The second-order valence-electron chi connectivity index (χ2n) is 5.91. The van der Waals surface area contributed by atoms with E-state index >= 15 is 0 Å². The number of aromatic hydroxyl groups is 2. The number of hydrogen-bond donors (Lipinski definition) is 2. The Morgan fingerprint density at radius 1 is 0.947 bits per heavy atom. The topological polar surface area (TPSA) is 40.5 Å². The van der Waals surface area contributed by atoms with Gasteiger partial charge in [0.2, 0.25) is 0 Å². The van der Waals surface area contributed by atoms with Crippen LogP contribution in [-0.4, -0.2) is 10.2 Å². The zero-order chi connectivity index (χ0) is 14.2. The Morgan fingerprint density at radius 3 is 2.05 bits per heavy atom. The highest BCUT2D eigenvalue weighted by Crippen LogP contribution is 2.43. The Labute approximate surface area is 114 Å². The van der Waals surface area contributed by atoms with Gasteiger partial charge >= 0.3 is 0 Å². The molecule has 0 aromatic heterocycles. The first kappa shape index (κ1) is 13.5. The minimum absolute atomic E-state index is 0.207. The average Bonchev–Trinajstić information content (AvgIpc) is 2.34. The van der Waals surface area contributed by atoms with Gasteiger partial charge in [-0.05, 0) is 24.0 Å². The normalized spacial score (nSPS) is 11.6. The highest BCUT2D eigenvalue weighted by Gasteiger charge is 2.23. The summed E-state index contributed by atoms with van der Waals surface area (Å²) in [5.41, 5.74) is 2.89. The van der Waals surface area contributed by atoms with E-state index in [9.17, 15) is 10.2 Å². The summed E-state index contributed by atoms with van der Waals surface area (Å²) >= 11 is 0. The maximum atomic E-state index is 10.4. The van der Waals surface area contributed by atoms with E-state index < -0.39 is 0 Å². The molecule has 0 saturated heterocycles. The summed E-state index contributed by atoms with van der Waals surface area (Å²) in [6.45, 7) is 7.89. The van der Waals surface area contributed by atoms with Crippen LogP contribution in [0.5, 0.6) is 11.5 Å². The second kappa shape index (κ2) is 4.61. The SMILES string of the molecule is Cc1c(O)c(C(C)(C)C)cc(O)c1-c1ccccc1. The zero-order valence-electron chi connectivity index (χ0n) is 11.9. The standard InChI is InChI=1S/C17H20O2/c1-11-15(12-8-6-5-7-9-12)14(18)10-13(16(11)19)17(2,3)4/h5-10,18-19H,1-4H3. The summed E-state index contributed by atoms with van der Waals surface area (Å²) in [7, 11) is 0. The monoisotopic (exact) mass is 256 g/mol. The van der Waals surface area contributed by atoms with Crippen LogP contribution in [0.15, 0.2) is 36.4 Å². The molecule has 0 aliphatic rings. The van der Waals surface area contributed by atoms with Gasteiger partial charge in [0.1, 0.15) is 11.5 Å². The largest absolute Gasteiger partial charge is 0.507 e. The summed E-state index contributed by atoms with van der Waals surface area (Å²) in [4.78, 5) is 0. The van der Waals surface area contributed by atoms with Crippen LogP contribution in [0.1, 0.15) is 31.9 Å². The van der Waals surface area contributed by atoms with Crippen LogP contribution in [0.25, 0.3) is 11.1 Å². The lowest BCUT2D eigenvalue weighted by atomic mass is 9.83. The highest BCUT2D eigenvalue weighted by molar-refractivity contribution is 5.77. The molecule has 0 spiro atoms. The van der Waals surface area contributed by atoms with Gasteiger partial charge in [0.15, 0.2) is 0 Å². The second-order valence-corrected chi connectivity index (χ2v) is 5.91. The summed E-state index contributed by atoms with van der Waals surface area (Å²) in [5.74, 6) is 0.482. The van der Waals surface area contributed by atoms with Crippen LogP contribution in [0.4, 0.5) is 0 Å². The van der Waals surface area contributed by atoms with Gasteiger partial charge in [-0.2, -0.15) is 0 Å². The van der Waals surface area contributed by atoms with E-state index in [1.165, 1.54) is 0 Å². The molecule has 2 heteroatoms. The van der Waals surface area contributed by atoms with Crippen molar-refractivity contribution in [1.29, 1.82) is 0 Å². The highest BCUT2D eigenvalue weighted by atomic mass is 16.3. The van der Waals surface area contributed by atoms with E-state index in [0.717, 1.165) is 16.7 Å². The number of phenolic OH excluding ortho intramolecular Hbond substituents is 2. The van der Waals surface area contributed by atoms with Crippen LogP contribution >= 0.6 is 0 Å². The summed E-state index contributed by atoms with van der Waals surface area (Å²) in [6.07, 6.45) is 0. The minimum Gasteiger partial charge on any atom is -0.507 e. The van der Waals surface area contributed by atoms with Crippen molar-refractivity contribution in [3.63, 3.8) is 0 Å². The van der Waals surface area contributed by atoms with Crippen LogP contribution in [-0.2, 0) is 5.41 Å². The molecular weight excluding hydrogens is 236 g/mol. The molecule has 2 N–H and O–H groups in total. The lowest BCUT2D eigenvalue weighted by Gasteiger charge is -2.23. The van der Waals surface area contributed by atoms with Crippen LogP contribution in [0.3, 0.4) is 0 Å². The molecular formula is C17H20O2. The molecule has 0 saturated carbocycles. The number of hydrogen-bond acceptors (Lipinski definition) is 2. The van der Waals surface area contributed by atoms with Gasteiger partial charge < -0.3 is 10.2 Å². The summed E-state index contributed by atoms with van der Waals surface area (Å²) in [6, 6.07) is 11.3. The van der Waals surface area contributed by atoms with E-state index in [1.807, 2.05) is 58.0 Å². The molecule has 0 atom stereocenters. The fourth-order valence-electron chi connectivity index (χ4n) is 2.33. The van der Waals surface area contributed by atoms with E-state index in [-0.39, 0.29) is 16.9 Å². The lowest BCUT2D eigenvalue weighted by Crippen LogP contribution is -2.12. The smallest absolute Gasteiger partial charge is 0.124 e. The van der Waals surface area contributed by atoms with Gasteiger partial charge in [-0.1, -0.05) is 51.1 Å². The van der Waals surface area contributed by atoms with E-state index in [0.29, 0.717) is 5.56 Å². The van der Waals surface area contributed by atoms with Crippen molar-refractivity contribution in [2.24, 2.45) is 0 Å². The molecule has 2 nitrogen and oxygen atoms in total.